The van der Waals surface area contributed by atoms with Crippen molar-refractivity contribution in [2.24, 2.45) is 0 Å². The third-order valence-corrected chi connectivity index (χ3v) is 2.95. The second kappa shape index (κ2) is 4.18. The molecule has 0 aliphatic carbocycles. The van der Waals surface area contributed by atoms with Crippen molar-refractivity contribution in [3.8, 4) is 0 Å². The van der Waals surface area contributed by atoms with E-state index in [2.05, 4.69) is 0 Å². The molecule has 0 bridgehead atoms. The quantitative estimate of drug-likeness (QED) is 0.801. The average molecular weight is 198 g/mol. The monoisotopic (exact) mass is 198 g/mol. The highest BCUT2D eigenvalue weighted by Gasteiger charge is 2.04. The summed E-state index contributed by atoms with van der Waals surface area (Å²) in [7, 11) is -1.00. The molecular formula is C9H10O3S. The molecule has 1 atom stereocenters. The topological polar surface area (TPSA) is 54.4 Å². The lowest BCUT2D eigenvalue weighted by atomic mass is 10.2. The molecule has 1 unspecified atom stereocenters. The van der Waals surface area contributed by atoms with Crippen molar-refractivity contribution in [1.29, 1.82) is 0 Å². The van der Waals surface area contributed by atoms with Gasteiger partial charge in [0, 0.05) is 10.6 Å². The fourth-order valence-electron chi connectivity index (χ4n) is 0.916. The molecule has 1 aromatic carbocycles. The molecule has 0 saturated carbocycles. The maximum absolute atomic E-state index is 11.3. The van der Waals surface area contributed by atoms with E-state index < -0.39 is 16.8 Å². The van der Waals surface area contributed by atoms with Crippen LogP contribution in [-0.4, -0.2) is 21.0 Å². The Balaban J connectivity index is 2.93. The van der Waals surface area contributed by atoms with Gasteiger partial charge in [0.2, 0.25) is 0 Å². The minimum atomic E-state index is -1.00. The third-order valence-electron chi connectivity index (χ3n) is 1.63. The van der Waals surface area contributed by atoms with Crippen LogP contribution in [0.15, 0.2) is 29.2 Å². The maximum Gasteiger partial charge on any atom is 0.335 e. The van der Waals surface area contributed by atoms with Crippen LogP contribution in [0.25, 0.3) is 0 Å². The highest BCUT2D eigenvalue weighted by atomic mass is 32.2. The highest BCUT2D eigenvalue weighted by Crippen LogP contribution is 2.08. The lowest BCUT2D eigenvalue weighted by Crippen LogP contribution is -1.98. The van der Waals surface area contributed by atoms with E-state index in [9.17, 15) is 9.00 Å². The van der Waals surface area contributed by atoms with Crippen molar-refractivity contribution < 1.29 is 14.1 Å². The molecule has 0 radical (unpaired) electrons. The molecular weight excluding hydrogens is 188 g/mol. The lowest BCUT2D eigenvalue weighted by Gasteiger charge is -1.98. The molecule has 13 heavy (non-hydrogen) atoms. The van der Waals surface area contributed by atoms with E-state index in [0.717, 1.165) is 0 Å². The zero-order valence-corrected chi connectivity index (χ0v) is 8.00. The standard InChI is InChI=1S/C9H10O3S/c1-2-13(12)8-5-3-7(4-6-8)9(10)11/h3-6H,2H2,1H3,(H,10,11). The molecule has 0 aromatic heterocycles. The summed E-state index contributed by atoms with van der Waals surface area (Å²) >= 11 is 0. The predicted octanol–water partition coefficient (Wildman–Crippen LogP) is 1.51. The fraction of sp³-hybridized carbons (Fsp3) is 0.222. The summed E-state index contributed by atoms with van der Waals surface area (Å²) in [5.41, 5.74) is 0.219. The van der Waals surface area contributed by atoms with E-state index in [4.69, 9.17) is 5.11 Å². The number of carboxylic acids is 1. The van der Waals surface area contributed by atoms with Gasteiger partial charge in [-0.25, -0.2) is 4.79 Å². The average Bonchev–Trinajstić information content (AvgIpc) is 2.17. The number of hydrogen-bond acceptors (Lipinski definition) is 2. The Morgan fingerprint density at radius 2 is 1.92 bits per heavy atom. The van der Waals surface area contributed by atoms with E-state index in [1.54, 1.807) is 12.1 Å². The first kappa shape index (κ1) is 9.92. The first-order valence-electron chi connectivity index (χ1n) is 3.87. The Hall–Kier alpha value is -1.16. The smallest absolute Gasteiger partial charge is 0.335 e. The summed E-state index contributed by atoms with van der Waals surface area (Å²) in [6.07, 6.45) is 0. The van der Waals surface area contributed by atoms with Crippen molar-refractivity contribution in [3.63, 3.8) is 0 Å². The van der Waals surface area contributed by atoms with Crippen LogP contribution in [0.3, 0.4) is 0 Å². The molecule has 70 valence electrons. The van der Waals surface area contributed by atoms with Crippen LogP contribution in [0.5, 0.6) is 0 Å². The largest absolute Gasteiger partial charge is 0.478 e. The van der Waals surface area contributed by atoms with Crippen LogP contribution in [0.4, 0.5) is 0 Å². The minimum Gasteiger partial charge on any atom is -0.478 e. The predicted molar refractivity (Wildman–Crippen MR) is 50.4 cm³/mol. The molecule has 0 saturated heterocycles. The van der Waals surface area contributed by atoms with Gasteiger partial charge in [-0.1, -0.05) is 6.92 Å². The summed E-state index contributed by atoms with van der Waals surface area (Å²) in [6.45, 7) is 1.82. The Morgan fingerprint density at radius 1 is 1.38 bits per heavy atom. The van der Waals surface area contributed by atoms with Crippen LogP contribution in [-0.2, 0) is 10.8 Å². The third kappa shape index (κ3) is 2.39. The van der Waals surface area contributed by atoms with Gasteiger partial charge in [-0.05, 0) is 24.3 Å². The number of rotatable bonds is 3. The van der Waals surface area contributed by atoms with Gasteiger partial charge in [0.15, 0.2) is 0 Å². The van der Waals surface area contributed by atoms with Gasteiger partial charge in [0.1, 0.15) is 0 Å². The fourth-order valence-corrected chi connectivity index (χ4v) is 1.69. The van der Waals surface area contributed by atoms with Gasteiger partial charge in [-0.3, -0.25) is 4.21 Å². The summed E-state index contributed by atoms with van der Waals surface area (Å²) in [5, 5.41) is 8.60. The molecule has 0 spiro atoms. The van der Waals surface area contributed by atoms with Crippen molar-refractivity contribution in [2.75, 3.05) is 5.75 Å². The van der Waals surface area contributed by atoms with E-state index in [0.29, 0.717) is 10.6 Å². The van der Waals surface area contributed by atoms with Gasteiger partial charge in [0.05, 0.1) is 16.4 Å². The van der Waals surface area contributed by atoms with Gasteiger partial charge in [-0.2, -0.15) is 0 Å². The van der Waals surface area contributed by atoms with Crippen LogP contribution in [0, 0.1) is 0 Å². The molecule has 0 amide bonds. The number of benzene rings is 1. The van der Waals surface area contributed by atoms with Crippen molar-refractivity contribution in [3.05, 3.63) is 29.8 Å². The van der Waals surface area contributed by atoms with E-state index in [1.165, 1.54) is 12.1 Å². The zero-order chi connectivity index (χ0) is 9.84. The summed E-state index contributed by atoms with van der Waals surface area (Å²) in [6, 6.07) is 6.10. The number of carbonyl (C=O) groups is 1. The molecule has 1 N–H and O–H groups in total. The molecule has 0 aliphatic rings. The van der Waals surface area contributed by atoms with Gasteiger partial charge < -0.3 is 5.11 Å². The molecule has 3 nitrogen and oxygen atoms in total. The lowest BCUT2D eigenvalue weighted by molar-refractivity contribution is 0.0697. The van der Waals surface area contributed by atoms with Crippen molar-refractivity contribution >= 4 is 16.8 Å². The number of carboxylic acid groups (broad SMARTS) is 1. The summed E-state index contributed by atoms with van der Waals surface area (Å²) in [5.74, 6) is -0.416. The minimum absolute atomic E-state index is 0.219. The van der Waals surface area contributed by atoms with Gasteiger partial charge in [-0.15, -0.1) is 0 Å². The summed E-state index contributed by atoms with van der Waals surface area (Å²) < 4.78 is 11.3. The zero-order valence-electron chi connectivity index (χ0n) is 7.19. The van der Waals surface area contributed by atoms with Crippen molar-refractivity contribution in [1.82, 2.24) is 0 Å². The molecule has 0 heterocycles. The Bertz CT molecular complexity index is 329. The second-order valence-corrected chi connectivity index (χ2v) is 4.20. The molecule has 1 aromatic rings. The Kier molecular flexibility index (Phi) is 3.19. The van der Waals surface area contributed by atoms with Crippen LogP contribution >= 0.6 is 0 Å². The van der Waals surface area contributed by atoms with E-state index in [-0.39, 0.29) is 5.56 Å². The molecule has 4 heteroatoms. The SMILES string of the molecule is CCS(=O)c1ccc(C(=O)O)cc1. The molecule has 0 aliphatic heterocycles. The number of aromatic carboxylic acids is 1. The van der Waals surface area contributed by atoms with E-state index >= 15 is 0 Å². The number of hydrogen-bond donors (Lipinski definition) is 1. The first-order chi connectivity index (χ1) is 6.15. The maximum atomic E-state index is 11.3. The van der Waals surface area contributed by atoms with Crippen LogP contribution in [0.1, 0.15) is 17.3 Å². The van der Waals surface area contributed by atoms with Crippen LogP contribution < -0.4 is 0 Å². The summed E-state index contributed by atoms with van der Waals surface area (Å²) in [4.78, 5) is 11.1. The highest BCUT2D eigenvalue weighted by molar-refractivity contribution is 7.85. The van der Waals surface area contributed by atoms with Gasteiger partial charge in [0.25, 0.3) is 0 Å². The molecule has 1 rings (SSSR count). The molecule has 0 fully saturated rings. The Labute approximate surface area is 78.9 Å². The van der Waals surface area contributed by atoms with Crippen LogP contribution in [0.2, 0.25) is 0 Å². The Morgan fingerprint density at radius 3 is 2.31 bits per heavy atom. The second-order valence-electron chi connectivity index (χ2n) is 2.46. The van der Waals surface area contributed by atoms with Gasteiger partial charge >= 0.3 is 5.97 Å². The van der Waals surface area contributed by atoms with E-state index in [1.807, 2.05) is 6.92 Å². The normalized spacial score (nSPS) is 12.4. The first-order valence-corrected chi connectivity index (χ1v) is 5.18. The van der Waals surface area contributed by atoms with Crippen molar-refractivity contribution in [2.45, 2.75) is 11.8 Å².